The van der Waals surface area contributed by atoms with Gasteiger partial charge in [0.1, 0.15) is 4.83 Å². The maximum absolute atomic E-state index is 5.01. The molecule has 5 heterocycles. The molecule has 0 saturated heterocycles. The highest BCUT2D eigenvalue weighted by atomic mass is 32.1. The molecule has 48 heavy (non-hydrogen) atoms. The topological polar surface area (TPSA) is 54.7 Å². The van der Waals surface area contributed by atoms with E-state index in [9.17, 15) is 0 Å². The fourth-order valence-corrected chi connectivity index (χ4v) is 3.34. The monoisotopic (exact) mass is 684 g/mol. The van der Waals surface area contributed by atoms with Crippen molar-refractivity contribution in [1.29, 1.82) is 0 Å². The van der Waals surface area contributed by atoms with Gasteiger partial charge < -0.3 is 9.40 Å². The van der Waals surface area contributed by atoms with Crippen LogP contribution in [0.3, 0.4) is 0 Å². The van der Waals surface area contributed by atoms with E-state index in [1.54, 1.807) is 23.8 Å². The molecule has 0 radical (unpaired) electrons. The number of nitrogens with one attached hydrogen (secondary N) is 1. The highest BCUT2D eigenvalue weighted by Gasteiger charge is 1.96. The molecule has 1 aliphatic heterocycles. The summed E-state index contributed by atoms with van der Waals surface area (Å²) in [5, 5.41) is 4.34. The first kappa shape index (κ1) is 56.9. The first-order chi connectivity index (χ1) is 21.6. The van der Waals surface area contributed by atoms with E-state index >= 15 is 0 Å². The van der Waals surface area contributed by atoms with Gasteiger partial charge in [-0.15, -0.1) is 11.3 Å². The lowest BCUT2D eigenvalue weighted by Crippen LogP contribution is -1.74. The van der Waals surface area contributed by atoms with Crippen LogP contribution >= 0.6 is 11.3 Å². The van der Waals surface area contributed by atoms with Gasteiger partial charge in [0.25, 0.3) is 0 Å². The molecule has 0 saturated carbocycles. The molecule has 6 rings (SSSR count). The summed E-state index contributed by atoms with van der Waals surface area (Å²) in [6, 6.07) is 22.1. The SMILES string of the molecule is C.C.C.CC.CC.CC.CC(C)C.CC(C)C.CC(C)C.c1c[nH]c2cccc-2c1.c1cnc2occc2c1.c1cnc2sccc2c1. The van der Waals surface area contributed by atoms with Crippen molar-refractivity contribution < 1.29 is 4.42 Å². The van der Waals surface area contributed by atoms with Crippen LogP contribution in [0, 0.1) is 17.8 Å². The van der Waals surface area contributed by atoms with E-state index < -0.39 is 0 Å². The number of rotatable bonds is 0. The van der Waals surface area contributed by atoms with Crippen molar-refractivity contribution in [3.8, 4) is 11.3 Å². The quantitative estimate of drug-likeness (QED) is 0.173. The predicted octanol–water partition coefficient (Wildman–Crippen LogP) is 16.2. The van der Waals surface area contributed by atoms with Crippen LogP contribution in [0.15, 0.2) is 101 Å². The molecule has 0 unspecified atom stereocenters. The Kier molecular flexibility index (Phi) is 47.1. The van der Waals surface area contributed by atoms with Crippen LogP contribution < -0.4 is 0 Å². The lowest BCUT2D eigenvalue weighted by molar-refractivity contribution is 0.603. The zero-order valence-corrected chi connectivity index (χ0v) is 32.0. The Labute approximate surface area is 303 Å². The van der Waals surface area contributed by atoms with Crippen LogP contribution in [-0.4, -0.2) is 15.0 Å². The fraction of sp³-hybridized carbons (Fsp3) is 0.488. The van der Waals surface area contributed by atoms with Crippen LogP contribution in [0.5, 0.6) is 0 Å². The van der Waals surface area contributed by atoms with E-state index in [1.807, 2.05) is 90.3 Å². The van der Waals surface area contributed by atoms with E-state index in [0.29, 0.717) is 5.71 Å². The molecule has 276 valence electrons. The number of hydrogen-bond acceptors (Lipinski definition) is 4. The number of hydrogen-bond donors (Lipinski definition) is 1. The lowest BCUT2D eigenvalue weighted by atomic mass is 10.2. The van der Waals surface area contributed by atoms with Crippen molar-refractivity contribution in [2.45, 2.75) is 126 Å². The average molecular weight is 684 g/mol. The number of nitrogens with zero attached hydrogens (tertiary/aromatic N) is 2. The number of pyridine rings is 3. The maximum Gasteiger partial charge on any atom is 0.225 e. The van der Waals surface area contributed by atoms with Crippen LogP contribution in [0.25, 0.3) is 32.6 Å². The van der Waals surface area contributed by atoms with Gasteiger partial charge in [-0.25, -0.2) is 9.97 Å². The Morgan fingerprint density at radius 1 is 0.562 bits per heavy atom. The number of aromatic nitrogens is 3. The molecule has 0 aromatic carbocycles. The Morgan fingerprint density at radius 3 is 1.52 bits per heavy atom. The summed E-state index contributed by atoms with van der Waals surface area (Å²) in [5.41, 5.74) is 3.19. The minimum atomic E-state index is 0. The van der Waals surface area contributed by atoms with Crippen molar-refractivity contribution in [3.05, 3.63) is 97.0 Å². The zero-order valence-electron chi connectivity index (χ0n) is 31.2. The smallest absolute Gasteiger partial charge is 0.225 e. The normalized spacial score (nSPS) is 8.38. The molecule has 4 aromatic heterocycles. The summed E-state index contributed by atoms with van der Waals surface area (Å²) in [6.45, 7) is 31.5. The predicted molar refractivity (Wildman–Crippen MR) is 227 cm³/mol. The molecule has 0 amide bonds. The second kappa shape index (κ2) is 39.7. The standard InChI is InChI=1S/C8H7N.C7H5NO.C7H5NS.3C4H10.3C2H6.3CH4/c1-3-7-4-2-6-9-8(7)5-1;2*1-2-6-3-5-9-7(6)8-4-1;3*1-4(2)3;3*1-2;;;/h1-6,9H;2*1-5H;3*4H,1-3H3;3*1-2H3;3*1H4. The third-order valence-corrected chi connectivity index (χ3v) is 4.75. The van der Waals surface area contributed by atoms with Crippen molar-refractivity contribution in [3.63, 3.8) is 0 Å². The van der Waals surface area contributed by atoms with E-state index in [2.05, 4.69) is 113 Å². The number of aromatic amines is 1. The Hall–Kier alpha value is -3.44. The largest absolute Gasteiger partial charge is 0.446 e. The summed E-state index contributed by atoms with van der Waals surface area (Å²) >= 11 is 1.68. The second-order valence-corrected chi connectivity index (χ2v) is 11.8. The van der Waals surface area contributed by atoms with Gasteiger partial charge in [0.05, 0.1) is 6.26 Å². The zero-order chi connectivity index (χ0) is 35.0. The molecular formula is C43H77N3OS. The van der Waals surface area contributed by atoms with Crippen molar-refractivity contribution >= 4 is 32.7 Å². The van der Waals surface area contributed by atoms with Gasteiger partial charge in [0.15, 0.2) is 0 Å². The van der Waals surface area contributed by atoms with Crippen molar-refractivity contribution in [2.24, 2.45) is 17.8 Å². The molecule has 4 aromatic rings. The third-order valence-electron chi connectivity index (χ3n) is 3.92. The molecule has 4 nitrogen and oxygen atoms in total. The molecule has 5 heteroatoms. The molecule has 1 N–H and O–H groups in total. The Bertz CT molecular complexity index is 1170. The number of thiophene rings is 1. The lowest BCUT2D eigenvalue weighted by Gasteiger charge is -1.93. The second-order valence-electron chi connectivity index (χ2n) is 10.9. The van der Waals surface area contributed by atoms with Gasteiger partial charge in [-0.3, -0.25) is 0 Å². The average Bonchev–Trinajstić information content (AvgIpc) is 3.81. The van der Waals surface area contributed by atoms with E-state index in [1.165, 1.54) is 16.6 Å². The van der Waals surface area contributed by atoms with Gasteiger partial charge in [-0.05, 0) is 71.2 Å². The summed E-state index contributed by atoms with van der Waals surface area (Å²) < 4.78 is 5.01. The minimum Gasteiger partial charge on any atom is -0.446 e. The first-order valence-electron chi connectivity index (χ1n) is 16.7. The summed E-state index contributed by atoms with van der Waals surface area (Å²) in [7, 11) is 0. The van der Waals surface area contributed by atoms with Crippen molar-refractivity contribution in [2.75, 3.05) is 0 Å². The molecule has 0 atom stereocenters. The van der Waals surface area contributed by atoms with Crippen LogP contribution in [0.2, 0.25) is 0 Å². The van der Waals surface area contributed by atoms with Crippen LogP contribution in [-0.2, 0) is 0 Å². The van der Waals surface area contributed by atoms with E-state index in [4.69, 9.17) is 4.42 Å². The van der Waals surface area contributed by atoms with Crippen molar-refractivity contribution in [1.82, 2.24) is 15.0 Å². The summed E-state index contributed by atoms with van der Waals surface area (Å²) in [4.78, 5) is 12.4. The number of fused-ring (bicyclic) bond motifs is 3. The van der Waals surface area contributed by atoms with Crippen LogP contribution in [0.1, 0.15) is 126 Å². The molecular weight excluding hydrogens is 607 g/mol. The molecule has 0 spiro atoms. The van der Waals surface area contributed by atoms with E-state index in [0.717, 1.165) is 28.0 Å². The summed E-state index contributed by atoms with van der Waals surface area (Å²) in [6.07, 6.45) is 7.10. The van der Waals surface area contributed by atoms with Gasteiger partial charge in [-0.2, -0.15) is 0 Å². The highest BCUT2D eigenvalue weighted by molar-refractivity contribution is 7.16. The van der Waals surface area contributed by atoms with E-state index in [-0.39, 0.29) is 22.3 Å². The van der Waals surface area contributed by atoms with Gasteiger partial charge in [0.2, 0.25) is 5.71 Å². The van der Waals surface area contributed by atoms with Gasteiger partial charge >= 0.3 is 0 Å². The highest BCUT2D eigenvalue weighted by Crippen LogP contribution is 2.18. The molecule has 1 aliphatic carbocycles. The molecule has 0 fully saturated rings. The fourth-order valence-electron chi connectivity index (χ4n) is 2.60. The summed E-state index contributed by atoms with van der Waals surface area (Å²) in [5.74, 6) is 2.50. The first-order valence-corrected chi connectivity index (χ1v) is 17.6. The third kappa shape index (κ3) is 32.5. The van der Waals surface area contributed by atoms with Gasteiger partial charge in [-0.1, -0.05) is 150 Å². The number of furan rings is 1. The molecule has 0 bridgehead atoms. The Balaban J connectivity index is -0.000000109. The van der Waals surface area contributed by atoms with Crippen LogP contribution in [0.4, 0.5) is 0 Å². The van der Waals surface area contributed by atoms with Gasteiger partial charge in [0, 0.05) is 35.1 Å². The number of H-pyrrole nitrogens is 1. The minimum absolute atomic E-state index is 0. The Morgan fingerprint density at radius 2 is 1.04 bits per heavy atom. The maximum atomic E-state index is 5.01. The molecule has 2 aliphatic rings.